The number of hydrogen-bond acceptors (Lipinski definition) is 5. The average molecular weight is 479 g/mol. The molecule has 2 aliphatic carbocycles. The first-order valence-corrected chi connectivity index (χ1v) is 12.2. The Morgan fingerprint density at radius 2 is 1.69 bits per heavy atom. The largest absolute Gasteiger partial charge is 0.480 e. The molecule has 3 unspecified atom stereocenters. The zero-order chi connectivity index (χ0) is 24.4. The number of alkyl carbamates (subject to hydrolysis) is 1. The van der Waals surface area contributed by atoms with E-state index in [0.717, 1.165) is 24.0 Å². The van der Waals surface area contributed by atoms with E-state index in [1.165, 1.54) is 11.1 Å². The summed E-state index contributed by atoms with van der Waals surface area (Å²) in [5, 5.41) is 14.8. The number of hydrogen-bond donors (Lipinski definition) is 3. The van der Waals surface area contributed by atoms with Crippen molar-refractivity contribution in [1.29, 1.82) is 0 Å². The van der Waals surface area contributed by atoms with Crippen molar-refractivity contribution >= 4 is 18.0 Å². The highest BCUT2D eigenvalue weighted by Gasteiger charge is 2.35. The van der Waals surface area contributed by atoms with E-state index in [4.69, 9.17) is 9.47 Å². The average Bonchev–Trinajstić information content (AvgIpc) is 3.45. The minimum absolute atomic E-state index is 0.0122. The topological polar surface area (TPSA) is 114 Å². The molecular formula is C27H30N2O6. The van der Waals surface area contributed by atoms with Gasteiger partial charge >= 0.3 is 12.1 Å². The second-order valence-electron chi connectivity index (χ2n) is 9.67. The van der Waals surface area contributed by atoms with Crippen LogP contribution in [0.4, 0.5) is 4.79 Å². The van der Waals surface area contributed by atoms with Crippen LogP contribution in [0.5, 0.6) is 0 Å². The van der Waals surface area contributed by atoms with Crippen LogP contribution in [0.3, 0.4) is 0 Å². The molecule has 1 aliphatic heterocycles. The third kappa shape index (κ3) is 5.32. The highest BCUT2D eigenvalue weighted by atomic mass is 16.5. The summed E-state index contributed by atoms with van der Waals surface area (Å²) in [7, 11) is 0. The number of ether oxygens (including phenoxy) is 2. The molecule has 5 rings (SSSR count). The van der Waals surface area contributed by atoms with Crippen molar-refractivity contribution in [2.75, 3.05) is 19.8 Å². The van der Waals surface area contributed by atoms with Gasteiger partial charge in [0.25, 0.3) is 0 Å². The van der Waals surface area contributed by atoms with E-state index in [0.29, 0.717) is 18.8 Å². The highest BCUT2D eigenvalue weighted by molar-refractivity contribution is 5.85. The summed E-state index contributed by atoms with van der Waals surface area (Å²) in [5.41, 5.74) is 4.64. The molecule has 2 aromatic carbocycles. The number of carboxylic acid groups (broad SMARTS) is 1. The summed E-state index contributed by atoms with van der Waals surface area (Å²) >= 11 is 0. The van der Waals surface area contributed by atoms with E-state index >= 15 is 0 Å². The minimum atomic E-state index is -1.00. The number of aliphatic carboxylic acids is 1. The Balaban J connectivity index is 1.08. The molecule has 0 radical (unpaired) electrons. The van der Waals surface area contributed by atoms with E-state index in [2.05, 4.69) is 34.9 Å². The SMILES string of the molecule is O=C(NCC1CC(C(=O)NC(CC2CC2)C(=O)O)CO1)OCC1c2ccccc2-c2ccccc21. The van der Waals surface area contributed by atoms with Crippen LogP contribution in [-0.4, -0.2) is 55.0 Å². The molecule has 3 aliphatic rings. The van der Waals surface area contributed by atoms with Gasteiger partial charge in [-0.25, -0.2) is 9.59 Å². The van der Waals surface area contributed by atoms with Crippen LogP contribution in [0.2, 0.25) is 0 Å². The van der Waals surface area contributed by atoms with E-state index in [-0.39, 0.29) is 37.7 Å². The molecule has 2 aromatic rings. The lowest BCUT2D eigenvalue weighted by Crippen LogP contribution is -2.44. The monoisotopic (exact) mass is 478 g/mol. The predicted octanol–water partition coefficient (Wildman–Crippen LogP) is 3.30. The van der Waals surface area contributed by atoms with Crippen LogP contribution in [0.25, 0.3) is 11.1 Å². The molecule has 1 saturated carbocycles. The van der Waals surface area contributed by atoms with Crippen molar-refractivity contribution in [3.8, 4) is 11.1 Å². The number of nitrogens with one attached hydrogen (secondary N) is 2. The molecule has 35 heavy (non-hydrogen) atoms. The summed E-state index contributed by atoms with van der Waals surface area (Å²) < 4.78 is 11.2. The third-order valence-electron chi connectivity index (χ3n) is 7.15. The Kier molecular flexibility index (Phi) is 6.72. The van der Waals surface area contributed by atoms with Gasteiger partial charge in [0, 0.05) is 12.5 Å². The van der Waals surface area contributed by atoms with Crippen molar-refractivity contribution in [1.82, 2.24) is 10.6 Å². The Hall–Kier alpha value is -3.39. The lowest BCUT2D eigenvalue weighted by molar-refractivity contribution is -0.142. The maximum Gasteiger partial charge on any atom is 0.407 e. The molecule has 2 fully saturated rings. The molecule has 1 saturated heterocycles. The molecule has 2 amide bonds. The van der Waals surface area contributed by atoms with Crippen molar-refractivity contribution in [3.05, 3.63) is 59.7 Å². The molecule has 8 nitrogen and oxygen atoms in total. The summed E-state index contributed by atoms with van der Waals surface area (Å²) in [6.07, 6.45) is 2.09. The van der Waals surface area contributed by atoms with E-state index in [1.807, 2.05) is 24.3 Å². The Bertz CT molecular complexity index is 1070. The lowest BCUT2D eigenvalue weighted by Gasteiger charge is -2.17. The van der Waals surface area contributed by atoms with Gasteiger partial charge < -0.3 is 25.2 Å². The fraction of sp³-hybridized carbons (Fsp3) is 0.444. The van der Waals surface area contributed by atoms with E-state index in [9.17, 15) is 19.5 Å². The smallest absolute Gasteiger partial charge is 0.407 e. The van der Waals surface area contributed by atoms with Crippen molar-refractivity contribution in [2.24, 2.45) is 11.8 Å². The molecular weight excluding hydrogens is 448 g/mol. The Labute approximate surface area is 204 Å². The van der Waals surface area contributed by atoms with Crippen molar-refractivity contribution in [3.63, 3.8) is 0 Å². The van der Waals surface area contributed by atoms with Gasteiger partial charge in [-0.05, 0) is 41.0 Å². The van der Waals surface area contributed by atoms with Crippen LogP contribution in [0, 0.1) is 11.8 Å². The summed E-state index contributed by atoms with van der Waals surface area (Å²) in [5.74, 6) is -1.35. The molecule has 3 N–H and O–H groups in total. The van der Waals surface area contributed by atoms with Crippen LogP contribution in [-0.2, 0) is 19.1 Å². The molecule has 0 bridgehead atoms. The highest BCUT2D eigenvalue weighted by Crippen LogP contribution is 2.44. The summed E-state index contributed by atoms with van der Waals surface area (Å²) in [4.78, 5) is 36.4. The van der Waals surface area contributed by atoms with E-state index < -0.39 is 24.0 Å². The quantitative estimate of drug-likeness (QED) is 0.510. The normalized spacial score (nSPS) is 21.6. The second-order valence-corrected chi connectivity index (χ2v) is 9.67. The maximum atomic E-state index is 12.5. The number of carbonyl (C=O) groups excluding carboxylic acids is 2. The first-order chi connectivity index (χ1) is 17.0. The van der Waals surface area contributed by atoms with Crippen molar-refractivity contribution < 1.29 is 29.0 Å². The van der Waals surface area contributed by atoms with Crippen molar-refractivity contribution in [2.45, 2.75) is 43.7 Å². The molecule has 1 heterocycles. The predicted molar refractivity (Wildman–Crippen MR) is 128 cm³/mol. The lowest BCUT2D eigenvalue weighted by atomic mass is 9.98. The van der Waals surface area contributed by atoms with Gasteiger partial charge in [0.2, 0.25) is 5.91 Å². The van der Waals surface area contributed by atoms with Gasteiger partial charge in [-0.3, -0.25) is 4.79 Å². The fourth-order valence-corrected chi connectivity index (χ4v) is 5.08. The van der Waals surface area contributed by atoms with Crippen LogP contribution < -0.4 is 10.6 Å². The minimum Gasteiger partial charge on any atom is -0.480 e. The summed E-state index contributed by atoms with van der Waals surface area (Å²) in [6.45, 7) is 0.664. The second kappa shape index (κ2) is 10.1. The number of carboxylic acids is 1. The van der Waals surface area contributed by atoms with E-state index in [1.54, 1.807) is 0 Å². The number of rotatable bonds is 9. The Morgan fingerprint density at radius 3 is 2.31 bits per heavy atom. The maximum absolute atomic E-state index is 12.5. The first kappa shape index (κ1) is 23.4. The fourth-order valence-electron chi connectivity index (χ4n) is 5.08. The van der Waals surface area contributed by atoms with Gasteiger partial charge in [-0.1, -0.05) is 61.4 Å². The van der Waals surface area contributed by atoms with Crippen LogP contribution in [0.15, 0.2) is 48.5 Å². The molecule has 3 atom stereocenters. The zero-order valence-electron chi connectivity index (χ0n) is 19.4. The zero-order valence-corrected chi connectivity index (χ0v) is 19.4. The van der Waals surface area contributed by atoms with Gasteiger partial charge in [0.15, 0.2) is 0 Å². The van der Waals surface area contributed by atoms with Crippen LogP contribution in [0.1, 0.15) is 42.7 Å². The van der Waals surface area contributed by atoms with Gasteiger partial charge in [0.1, 0.15) is 12.6 Å². The molecule has 8 heteroatoms. The third-order valence-corrected chi connectivity index (χ3v) is 7.15. The summed E-state index contributed by atoms with van der Waals surface area (Å²) in [6, 6.07) is 15.5. The molecule has 0 aromatic heterocycles. The standard InChI is InChI=1S/C27H30N2O6/c30-25(29-24(26(31)32)11-16-9-10-16)17-12-18(34-14-17)13-28-27(33)35-15-23-21-7-3-1-5-19(21)20-6-2-4-8-22(20)23/h1-8,16-18,23-24H,9-15H2,(H,28,33)(H,29,30)(H,31,32). The molecule has 0 spiro atoms. The number of benzene rings is 2. The number of carbonyl (C=O) groups is 3. The first-order valence-electron chi connectivity index (χ1n) is 12.2. The van der Waals surface area contributed by atoms with Crippen LogP contribution >= 0.6 is 0 Å². The molecule has 184 valence electrons. The Morgan fingerprint density at radius 1 is 1.03 bits per heavy atom. The number of fused-ring (bicyclic) bond motifs is 3. The van der Waals surface area contributed by atoms with Gasteiger partial charge in [-0.2, -0.15) is 0 Å². The van der Waals surface area contributed by atoms with Gasteiger partial charge in [0.05, 0.1) is 18.6 Å². The number of amides is 2. The van der Waals surface area contributed by atoms with Gasteiger partial charge in [-0.15, -0.1) is 0 Å².